The molecule has 1 aliphatic rings. The Morgan fingerprint density at radius 3 is 2.61 bits per heavy atom. The summed E-state index contributed by atoms with van der Waals surface area (Å²) in [4.78, 5) is 34.4. The molecule has 2 heterocycles. The number of ether oxygens (including phenoxy) is 2. The molecule has 3 aromatic rings. The van der Waals surface area contributed by atoms with E-state index in [1.165, 1.54) is 6.20 Å². The average Bonchev–Trinajstić information content (AvgIpc) is 2.90. The number of esters is 1. The molecule has 0 radical (unpaired) electrons. The average molecular weight is 504 g/mol. The van der Waals surface area contributed by atoms with Crippen LogP contribution in [0.15, 0.2) is 76.4 Å². The minimum absolute atomic E-state index is 0.0203. The Balaban J connectivity index is 1.37. The second-order valence-electron chi connectivity index (χ2n) is 8.68. The zero-order valence-electron chi connectivity index (χ0n) is 20.3. The van der Waals surface area contributed by atoms with Crippen molar-refractivity contribution in [3.63, 3.8) is 0 Å². The van der Waals surface area contributed by atoms with Gasteiger partial charge in [-0.05, 0) is 65.1 Å². The molecule has 0 fully saturated rings. The number of allylic oxidation sites excluding steroid dienone is 1. The fourth-order valence-electron chi connectivity index (χ4n) is 3.92. The Labute approximate surface area is 214 Å². The van der Waals surface area contributed by atoms with Crippen molar-refractivity contribution >= 4 is 39.8 Å². The maximum Gasteiger partial charge on any atom is 0.319 e. The number of aromatic nitrogens is 1. The van der Waals surface area contributed by atoms with Crippen molar-refractivity contribution in [1.29, 1.82) is 0 Å². The highest BCUT2D eigenvalue weighted by molar-refractivity contribution is 8.14. The van der Waals surface area contributed by atoms with Gasteiger partial charge in [0.15, 0.2) is 0 Å². The molecule has 1 aromatic heterocycles. The summed E-state index contributed by atoms with van der Waals surface area (Å²) in [5.41, 5.74) is 1.18. The molecule has 0 saturated carbocycles. The number of hydrogen-bond acceptors (Lipinski definition) is 8. The third kappa shape index (κ3) is 6.01. The first kappa shape index (κ1) is 25.6. The zero-order chi connectivity index (χ0) is 25.7. The van der Waals surface area contributed by atoms with E-state index in [0.717, 1.165) is 33.8 Å². The largest absolute Gasteiger partial charge is 0.854 e. The van der Waals surface area contributed by atoms with E-state index in [4.69, 9.17) is 9.47 Å². The van der Waals surface area contributed by atoms with Crippen molar-refractivity contribution in [2.24, 2.45) is 16.8 Å². The molecule has 8 heteroatoms. The van der Waals surface area contributed by atoms with Gasteiger partial charge in [-0.3, -0.25) is 14.6 Å². The van der Waals surface area contributed by atoms with E-state index in [1.54, 1.807) is 38.5 Å². The van der Waals surface area contributed by atoms with Crippen molar-refractivity contribution in [3.05, 3.63) is 72.1 Å². The van der Waals surface area contributed by atoms with Crippen molar-refractivity contribution in [2.75, 3.05) is 13.7 Å². The van der Waals surface area contributed by atoms with Crippen LogP contribution in [0.4, 0.5) is 0 Å². The molecule has 186 valence electrons. The molecule has 0 amide bonds. The smallest absolute Gasteiger partial charge is 0.319 e. The van der Waals surface area contributed by atoms with Crippen LogP contribution in [0.1, 0.15) is 31.7 Å². The van der Waals surface area contributed by atoms with E-state index >= 15 is 0 Å². The molecule has 7 nitrogen and oxygen atoms in total. The number of benzene rings is 2. The summed E-state index contributed by atoms with van der Waals surface area (Å²) in [6, 6.07) is 14.8. The number of carbonyl (C=O) groups is 2. The van der Waals surface area contributed by atoms with Crippen LogP contribution in [0.25, 0.3) is 10.8 Å². The summed E-state index contributed by atoms with van der Waals surface area (Å²) in [6.45, 7) is 3.58. The Bertz CT molecular complexity index is 1320. The van der Waals surface area contributed by atoms with Gasteiger partial charge >= 0.3 is 5.97 Å². The number of fused-ring (bicyclic) bond motifs is 1. The van der Waals surface area contributed by atoms with Crippen LogP contribution in [0.5, 0.6) is 11.6 Å². The first-order valence-electron chi connectivity index (χ1n) is 11.7. The van der Waals surface area contributed by atoms with E-state index < -0.39 is 11.9 Å². The second-order valence-corrected chi connectivity index (χ2v) is 9.73. The summed E-state index contributed by atoms with van der Waals surface area (Å²) in [5, 5.41) is 12.8. The quantitative estimate of drug-likeness (QED) is 0.328. The predicted molar refractivity (Wildman–Crippen MR) is 138 cm³/mol. The molecule has 4 rings (SSSR count). The zero-order valence-corrected chi connectivity index (χ0v) is 21.2. The van der Waals surface area contributed by atoms with Gasteiger partial charge < -0.3 is 14.6 Å². The standard InChI is InChI=1S/C28H27N2O5S/c1-17-15-29-25(14-19(17)10-11-31)28(33)36-24-8-9-26(30-16-24)35-27(32)18(2)20-4-5-22-13-23(34-3)7-6-21(22)12-20/h4-9,12-19H,10-11H2,1-3H3/q-1/t17?,18-,19?/m0/s1. The molecule has 0 bridgehead atoms. The Morgan fingerprint density at radius 1 is 1.11 bits per heavy atom. The van der Waals surface area contributed by atoms with Gasteiger partial charge in [0, 0.05) is 23.4 Å². The summed E-state index contributed by atoms with van der Waals surface area (Å²) in [6.07, 6.45) is 5.47. The number of pyridine rings is 1. The van der Waals surface area contributed by atoms with Gasteiger partial charge in [0.2, 0.25) is 11.0 Å². The maximum atomic E-state index is 12.7. The van der Waals surface area contributed by atoms with Gasteiger partial charge in [-0.1, -0.05) is 43.7 Å². The van der Waals surface area contributed by atoms with Crippen LogP contribution in [0.2, 0.25) is 0 Å². The van der Waals surface area contributed by atoms with Gasteiger partial charge in [0.25, 0.3) is 0 Å². The number of methoxy groups -OCH3 is 1. The van der Waals surface area contributed by atoms with Gasteiger partial charge in [0.05, 0.1) is 13.0 Å². The summed E-state index contributed by atoms with van der Waals surface area (Å²) < 4.78 is 10.7. The van der Waals surface area contributed by atoms with Crippen LogP contribution in [-0.4, -0.2) is 36.0 Å². The van der Waals surface area contributed by atoms with Crippen LogP contribution in [0, 0.1) is 11.8 Å². The highest BCUT2D eigenvalue weighted by Gasteiger charge is 2.22. The molecule has 0 spiro atoms. The summed E-state index contributed by atoms with van der Waals surface area (Å²) in [7, 11) is 1.63. The molecule has 2 aromatic carbocycles. The molecular formula is C28H27N2O5S-. The number of hydrogen-bond donors (Lipinski definition) is 0. The molecule has 1 aliphatic heterocycles. The minimum Gasteiger partial charge on any atom is -0.854 e. The molecule has 0 aliphatic carbocycles. The van der Waals surface area contributed by atoms with Gasteiger partial charge in [-0.2, -0.15) is 0 Å². The molecule has 2 unspecified atom stereocenters. The maximum absolute atomic E-state index is 12.7. The molecule has 36 heavy (non-hydrogen) atoms. The van der Waals surface area contributed by atoms with Crippen LogP contribution in [-0.2, 0) is 9.59 Å². The molecule has 0 saturated heterocycles. The van der Waals surface area contributed by atoms with E-state index in [9.17, 15) is 14.7 Å². The van der Waals surface area contributed by atoms with Crippen molar-refractivity contribution < 1.29 is 24.2 Å². The van der Waals surface area contributed by atoms with Gasteiger partial charge in [0.1, 0.15) is 11.4 Å². The third-order valence-electron chi connectivity index (χ3n) is 6.21. The monoisotopic (exact) mass is 503 g/mol. The minimum atomic E-state index is -0.491. The fourth-order valence-corrected chi connectivity index (χ4v) is 4.60. The van der Waals surface area contributed by atoms with Gasteiger partial charge in [-0.25, -0.2) is 4.98 Å². The highest BCUT2D eigenvalue weighted by Crippen LogP contribution is 2.29. The van der Waals surface area contributed by atoms with E-state index in [0.29, 0.717) is 17.0 Å². The fraction of sp³-hybridized carbons (Fsp3) is 0.286. The van der Waals surface area contributed by atoms with Crippen LogP contribution in [0.3, 0.4) is 0 Å². The number of thioether (sulfide) groups is 1. The summed E-state index contributed by atoms with van der Waals surface area (Å²) >= 11 is 0.995. The van der Waals surface area contributed by atoms with E-state index in [2.05, 4.69) is 9.98 Å². The normalized spacial score (nSPS) is 17.9. The first-order chi connectivity index (χ1) is 17.4. The van der Waals surface area contributed by atoms with Crippen molar-refractivity contribution in [1.82, 2.24) is 4.98 Å². The third-order valence-corrected chi connectivity index (χ3v) is 7.08. The van der Waals surface area contributed by atoms with Crippen molar-refractivity contribution in [2.45, 2.75) is 31.1 Å². The number of carbonyl (C=O) groups excluding carboxylic acids is 2. The van der Waals surface area contributed by atoms with E-state index in [-0.39, 0.29) is 29.4 Å². The second kappa shape index (κ2) is 11.5. The lowest BCUT2D eigenvalue weighted by molar-refractivity contribution is -0.369. The van der Waals surface area contributed by atoms with Crippen LogP contribution >= 0.6 is 11.8 Å². The molecule has 3 atom stereocenters. The lowest BCUT2D eigenvalue weighted by Crippen LogP contribution is -2.21. The van der Waals surface area contributed by atoms with Gasteiger partial charge in [-0.15, -0.1) is 6.61 Å². The lowest BCUT2D eigenvalue weighted by atomic mass is 9.89. The Hall–Kier alpha value is -3.49. The summed E-state index contributed by atoms with van der Waals surface area (Å²) in [5.74, 6) is 0.178. The number of nitrogens with zero attached hydrogens (tertiary/aromatic N) is 2. The highest BCUT2D eigenvalue weighted by atomic mass is 32.2. The SMILES string of the molecule is COc1ccc2cc([C@H](C)C(=O)Oc3ccc(SC(=O)C4=CC(CC[O-])C(C)C=N4)cn3)ccc2c1. The Morgan fingerprint density at radius 2 is 1.89 bits per heavy atom. The first-order valence-corrected chi connectivity index (χ1v) is 12.5. The Kier molecular flexibility index (Phi) is 8.18. The number of aliphatic imine (C=N–C) groups is 1. The topological polar surface area (TPSA) is 101 Å². The molecular weight excluding hydrogens is 476 g/mol. The van der Waals surface area contributed by atoms with E-state index in [1.807, 2.05) is 43.3 Å². The predicted octanol–water partition coefficient (Wildman–Crippen LogP) is 4.54. The lowest BCUT2D eigenvalue weighted by Gasteiger charge is -2.22. The molecule has 0 N–H and O–H groups in total. The van der Waals surface area contributed by atoms with Crippen molar-refractivity contribution in [3.8, 4) is 11.6 Å². The number of rotatable bonds is 8. The van der Waals surface area contributed by atoms with Crippen LogP contribution < -0.4 is 14.6 Å².